The topological polar surface area (TPSA) is 91.5 Å². The zero-order valence-corrected chi connectivity index (χ0v) is 14.5. The normalized spacial score (nSPS) is 17.3. The lowest BCUT2D eigenvalue weighted by Crippen LogP contribution is -2.47. The van der Waals surface area contributed by atoms with Crippen LogP contribution in [0.15, 0.2) is 4.52 Å². The summed E-state index contributed by atoms with van der Waals surface area (Å²) in [4.78, 5) is 18.3. The Bertz CT molecular complexity index is 518. The predicted molar refractivity (Wildman–Crippen MR) is 86.0 cm³/mol. The summed E-state index contributed by atoms with van der Waals surface area (Å²) in [6.07, 6.45) is 4.64. The van der Waals surface area contributed by atoms with Gasteiger partial charge in [0.05, 0.1) is 12.1 Å². The van der Waals surface area contributed by atoms with Gasteiger partial charge in [0.1, 0.15) is 6.04 Å². The highest BCUT2D eigenvalue weighted by Gasteiger charge is 2.26. The molecular formula is C16H28N4O3. The Morgan fingerprint density at radius 2 is 2.13 bits per heavy atom. The lowest BCUT2D eigenvalue weighted by molar-refractivity contribution is 0.0475. The van der Waals surface area contributed by atoms with E-state index >= 15 is 0 Å². The minimum atomic E-state index is -0.934. The Hall–Kier alpha value is -1.63. The van der Waals surface area contributed by atoms with Gasteiger partial charge in [-0.15, -0.1) is 0 Å². The van der Waals surface area contributed by atoms with Crippen molar-refractivity contribution in [1.29, 1.82) is 0 Å². The maximum absolute atomic E-state index is 12.3. The van der Waals surface area contributed by atoms with Crippen molar-refractivity contribution < 1.29 is 14.4 Å². The number of nitrogens with zero attached hydrogens (tertiary/aromatic N) is 3. The molecule has 1 unspecified atom stereocenters. The van der Waals surface area contributed by atoms with Gasteiger partial charge in [-0.1, -0.05) is 18.0 Å². The molecule has 1 aromatic heterocycles. The minimum Gasteiger partial charge on any atom is -0.389 e. The van der Waals surface area contributed by atoms with E-state index in [2.05, 4.69) is 15.5 Å². The second kappa shape index (κ2) is 7.29. The van der Waals surface area contributed by atoms with Gasteiger partial charge in [-0.05, 0) is 40.5 Å². The van der Waals surface area contributed by atoms with E-state index in [1.807, 2.05) is 13.8 Å². The molecule has 1 aromatic rings. The zero-order valence-electron chi connectivity index (χ0n) is 14.5. The van der Waals surface area contributed by atoms with Gasteiger partial charge in [-0.25, -0.2) is 4.79 Å². The molecule has 0 radical (unpaired) electrons. The molecule has 2 amide bonds. The molecule has 23 heavy (non-hydrogen) atoms. The van der Waals surface area contributed by atoms with Crippen LogP contribution in [-0.2, 0) is 0 Å². The lowest BCUT2D eigenvalue weighted by Gasteiger charge is -2.28. The molecule has 1 heterocycles. The van der Waals surface area contributed by atoms with E-state index in [-0.39, 0.29) is 18.6 Å². The van der Waals surface area contributed by atoms with Crippen LogP contribution >= 0.6 is 0 Å². The fourth-order valence-electron chi connectivity index (χ4n) is 2.91. The molecule has 7 nitrogen and oxygen atoms in total. The number of urea groups is 1. The highest BCUT2D eigenvalue weighted by molar-refractivity contribution is 5.74. The highest BCUT2D eigenvalue weighted by atomic mass is 16.5. The first-order valence-electron chi connectivity index (χ1n) is 8.41. The zero-order chi connectivity index (χ0) is 17.0. The molecule has 1 saturated carbocycles. The second-order valence-corrected chi connectivity index (χ2v) is 6.97. The van der Waals surface area contributed by atoms with Crippen LogP contribution in [0.1, 0.15) is 77.1 Å². The number of hydrogen-bond acceptors (Lipinski definition) is 5. The molecule has 130 valence electrons. The third kappa shape index (κ3) is 4.92. The Morgan fingerprint density at radius 1 is 1.48 bits per heavy atom. The van der Waals surface area contributed by atoms with E-state index in [9.17, 15) is 9.90 Å². The second-order valence-electron chi connectivity index (χ2n) is 6.97. The van der Waals surface area contributed by atoms with Gasteiger partial charge in [0.25, 0.3) is 0 Å². The van der Waals surface area contributed by atoms with Crippen LogP contribution in [0.4, 0.5) is 4.79 Å². The van der Waals surface area contributed by atoms with Crippen LogP contribution in [0.2, 0.25) is 0 Å². The molecule has 2 rings (SSSR count). The third-order valence-electron chi connectivity index (χ3n) is 4.13. The van der Waals surface area contributed by atoms with E-state index in [0.29, 0.717) is 18.4 Å². The summed E-state index contributed by atoms with van der Waals surface area (Å²) < 4.78 is 5.31. The van der Waals surface area contributed by atoms with Crippen molar-refractivity contribution in [1.82, 2.24) is 20.4 Å². The third-order valence-corrected chi connectivity index (χ3v) is 4.13. The molecule has 1 aliphatic carbocycles. The molecule has 0 bridgehead atoms. The SMILES string of the molecule is CCN(CC(C)(C)O)C(=O)NC(C)c1nc(C2CCCC2)no1. The summed E-state index contributed by atoms with van der Waals surface area (Å²) in [7, 11) is 0. The number of nitrogens with one attached hydrogen (secondary N) is 1. The van der Waals surface area contributed by atoms with Gasteiger partial charge in [0, 0.05) is 12.5 Å². The number of likely N-dealkylation sites (N-methyl/N-ethyl adjacent to an activating group) is 1. The van der Waals surface area contributed by atoms with Gasteiger partial charge >= 0.3 is 6.03 Å². The van der Waals surface area contributed by atoms with Crippen LogP contribution in [0.3, 0.4) is 0 Å². The first-order valence-corrected chi connectivity index (χ1v) is 8.41. The number of aliphatic hydroxyl groups is 1. The molecule has 7 heteroatoms. The van der Waals surface area contributed by atoms with Crippen molar-refractivity contribution >= 4 is 6.03 Å². The average Bonchev–Trinajstić information content (AvgIpc) is 3.13. The monoisotopic (exact) mass is 324 g/mol. The number of hydrogen-bond donors (Lipinski definition) is 2. The smallest absolute Gasteiger partial charge is 0.318 e. The van der Waals surface area contributed by atoms with E-state index in [4.69, 9.17) is 4.52 Å². The summed E-state index contributed by atoms with van der Waals surface area (Å²) in [5.41, 5.74) is -0.934. The van der Waals surface area contributed by atoms with Crippen LogP contribution in [0, 0.1) is 0 Å². The van der Waals surface area contributed by atoms with Crippen molar-refractivity contribution in [2.75, 3.05) is 13.1 Å². The van der Waals surface area contributed by atoms with E-state index < -0.39 is 5.60 Å². The molecule has 1 aliphatic rings. The Balaban J connectivity index is 1.94. The molecular weight excluding hydrogens is 296 g/mol. The first-order chi connectivity index (χ1) is 10.8. The van der Waals surface area contributed by atoms with Gasteiger partial charge in [-0.2, -0.15) is 4.98 Å². The van der Waals surface area contributed by atoms with Gasteiger partial charge in [0.2, 0.25) is 5.89 Å². The summed E-state index contributed by atoms with van der Waals surface area (Å²) in [6, 6.07) is -0.608. The molecule has 0 spiro atoms. The molecule has 0 saturated heterocycles. The quantitative estimate of drug-likeness (QED) is 0.839. The average molecular weight is 324 g/mol. The van der Waals surface area contributed by atoms with Gasteiger partial charge < -0.3 is 19.8 Å². The van der Waals surface area contributed by atoms with Crippen molar-refractivity contribution in [3.05, 3.63) is 11.7 Å². The minimum absolute atomic E-state index is 0.247. The first kappa shape index (κ1) is 17.7. The van der Waals surface area contributed by atoms with Gasteiger partial charge in [-0.3, -0.25) is 0 Å². The van der Waals surface area contributed by atoms with Crippen molar-refractivity contribution in [3.63, 3.8) is 0 Å². The largest absolute Gasteiger partial charge is 0.389 e. The summed E-state index contributed by atoms with van der Waals surface area (Å²) in [5, 5.41) is 16.8. The number of carbonyl (C=O) groups excluding carboxylic acids is 1. The van der Waals surface area contributed by atoms with Crippen molar-refractivity contribution in [2.24, 2.45) is 0 Å². The molecule has 2 N–H and O–H groups in total. The van der Waals surface area contributed by atoms with Crippen LogP contribution in [0.5, 0.6) is 0 Å². The van der Waals surface area contributed by atoms with Crippen molar-refractivity contribution in [3.8, 4) is 0 Å². The molecule has 0 aliphatic heterocycles. The van der Waals surface area contributed by atoms with Crippen LogP contribution in [0.25, 0.3) is 0 Å². The van der Waals surface area contributed by atoms with E-state index in [0.717, 1.165) is 18.7 Å². The Kier molecular flexibility index (Phi) is 5.62. The Morgan fingerprint density at radius 3 is 2.70 bits per heavy atom. The summed E-state index contributed by atoms with van der Waals surface area (Å²) in [6.45, 7) is 7.83. The maximum Gasteiger partial charge on any atom is 0.318 e. The number of carbonyl (C=O) groups is 1. The Labute approximate surface area is 137 Å². The predicted octanol–water partition coefficient (Wildman–Crippen LogP) is 2.59. The van der Waals surface area contributed by atoms with E-state index in [1.165, 1.54) is 12.8 Å². The molecule has 1 fully saturated rings. The maximum atomic E-state index is 12.3. The van der Waals surface area contributed by atoms with E-state index in [1.54, 1.807) is 18.7 Å². The standard InChI is InChI=1S/C16H28N4O3/c1-5-20(10-16(3,4)22)15(21)17-11(2)14-18-13(19-23-14)12-8-6-7-9-12/h11-12,22H,5-10H2,1-4H3,(H,17,21). The fraction of sp³-hybridized carbons (Fsp3) is 0.812. The fourth-order valence-corrected chi connectivity index (χ4v) is 2.91. The summed E-state index contributed by atoms with van der Waals surface area (Å²) >= 11 is 0. The summed E-state index contributed by atoms with van der Waals surface area (Å²) in [5.74, 6) is 1.57. The van der Waals surface area contributed by atoms with Gasteiger partial charge in [0.15, 0.2) is 5.82 Å². The highest BCUT2D eigenvalue weighted by Crippen LogP contribution is 2.32. The number of rotatable bonds is 6. The van der Waals surface area contributed by atoms with Crippen LogP contribution < -0.4 is 5.32 Å². The molecule has 0 aromatic carbocycles. The number of amides is 2. The molecule has 1 atom stereocenters. The number of aromatic nitrogens is 2. The van der Waals surface area contributed by atoms with Crippen molar-refractivity contribution in [2.45, 2.75) is 70.9 Å². The lowest BCUT2D eigenvalue weighted by atomic mass is 10.1. The van der Waals surface area contributed by atoms with Crippen LogP contribution in [-0.4, -0.2) is 44.9 Å².